The van der Waals surface area contributed by atoms with E-state index in [2.05, 4.69) is 41.9 Å². The van der Waals surface area contributed by atoms with Crippen LogP contribution < -0.4 is 9.47 Å². The summed E-state index contributed by atoms with van der Waals surface area (Å²) >= 11 is 3.84. The first-order valence-electron chi connectivity index (χ1n) is 7.20. The van der Waals surface area contributed by atoms with E-state index in [9.17, 15) is 0 Å². The molecule has 0 radical (unpaired) electrons. The van der Waals surface area contributed by atoms with Crippen LogP contribution in [-0.2, 0) is 6.42 Å². The second-order valence-corrected chi connectivity index (χ2v) is 7.18. The summed E-state index contributed by atoms with van der Waals surface area (Å²) in [6, 6.07) is 4.40. The largest absolute Gasteiger partial charge is 0.489 e. The van der Waals surface area contributed by atoms with Crippen molar-refractivity contribution in [1.29, 1.82) is 0 Å². The van der Waals surface area contributed by atoms with Gasteiger partial charge in [0.15, 0.2) is 11.5 Å². The summed E-state index contributed by atoms with van der Waals surface area (Å²) in [5.74, 6) is 3.06. The molecule has 0 saturated carbocycles. The third-order valence-corrected chi connectivity index (χ3v) is 4.97. The van der Waals surface area contributed by atoms with Gasteiger partial charge in [0.05, 0.1) is 13.2 Å². The molecule has 3 unspecified atom stereocenters. The van der Waals surface area contributed by atoms with Gasteiger partial charge < -0.3 is 9.47 Å². The van der Waals surface area contributed by atoms with E-state index in [0.717, 1.165) is 37.1 Å². The van der Waals surface area contributed by atoms with Crippen molar-refractivity contribution < 1.29 is 9.47 Å². The van der Waals surface area contributed by atoms with Gasteiger partial charge in [0.1, 0.15) is 0 Å². The summed E-state index contributed by atoms with van der Waals surface area (Å²) in [5, 5.41) is 0. The number of hydrogen-bond donors (Lipinski definition) is 0. The van der Waals surface area contributed by atoms with Crippen LogP contribution in [0.1, 0.15) is 42.6 Å². The summed E-state index contributed by atoms with van der Waals surface area (Å²) < 4.78 is 11.8. The highest BCUT2D eigenvalue weighted by molar-refractivity contribution is 9.09. The molecule has 2 nitrogen and oxygen atoms in total. The summed E-state index contributed by atoms with van der Waals surface area (Å²) in [7, 11) is 0. The fraction of sp³-hybridized carbons (Fsp3) is 0.625. The second-order valence-electron chi connectivity index (χ2n) is 6.07. The minimum Gasteiger partial charge on any atom is -0.489 e. The maximum absolute atomic E-state index is 5.90. The molecule has 0 aromatic heterocycles. The van der Waals surface area contributed by atoms with E-state index in [0.29, 0.717) is 10.7 Å². The molecule has 1 aromatic rings. The van der Waals surface area contributed by atoms with Gasteiger partial charge in [0.2, 0.25) is 0 Å². The Morgan fingerprint density at radius 2 is 1.74 bits per heavy atom. The van der Waals surface area contributed by atoms with Crippen LogP contribution in [0.5, 0.6) is 11.5 Å². The third kappa shape index (κ3) is 2.76. The summed E-state index contributed by atoms with van der Waals surface area (Å²) in [6.07, 6.45) is 3.60. The molecule has 0 N–H and O–H groups in total. The van der Waals surface area contributed by atoms with Crippen molar-refractivity contribution in [2.24, 2.45) is 11.8 Å². The molecule has 104 valence electrons. The Bertz CT molecular complexity index is 472. The van der Waals surface area contributed by atoms with E-state index in [1.54, 1.807) is 0 Å². The van der Waals surface area contributed by atoms with Gasteiger partial charge in [-0.3, -0.25) is 0 Å². The van der Waals surface area contributed by atoms with Crippen LogP contribution in [0.25, 0.3) is 0 Å². The smallest absolute Gasteiger partial charge is 0.161 e. The molecule has 3 heteroatoms. The Hall–Kier alpha value is -0.700. The fourth-order valence-corrected chi connectivity index (χ4v) is 3.93. The molecule has 2 aliphatic rings. The van der Waals surface area contributed by atoms with E-state index in [4.69, 9.17) is 9.47 Å². The van der Waals surface area contributed by atoms with Gasteiger partial charge in [-0.05, 0) is 48.4 Å². The molecule has 0 spiro atoms. The van der Waals surface area contributed by atoms with Crippen molar-refractivity contribution in [1.82, 2.24) is 0 Å². The van der Waals surface area contributed by atoms with Gasteiger partial charge >= 0.3 is 0 Å². The summed E-state index contributed by atoms with van der Waals surface area (Å²) in [6.45, 7) is 5.99. The number of fused-ring (bicyclic) bond motifs is 2. The van der Waals surface area contributed by atoms with Gasteiger partial charge in [-0.2, -0.15) is 0 Å². The first-order valence-corrected chi connectivity index (χ1v) is 8.11. The first-order chi connectivity index (χ1) is 9.13. The van der Waals surface area contributed by atoms with E-state index in [1.165, 1.54) is 24.0 Å². The van der Waals surface area contributed by atoms with Gasteiger partial charge in [0.25, 0.3) is 0 Å². The first kappa shape index (κ1) is 13.3. The average Bonchev–Trinajstić information content (AvgIpc) is 2.64. The molecule has 0 bridgehead atoms. The molecule has 0 amide bonds. The molecule has 1 heterocycles. The molecule has 1 aliphatic heterocycles. The standard InChI is InChI=1S/C16H21BrO2/c1-10-3-4-12-6-15-16(7-13(12)14(17)5-10)19-9-11(2)8-18-15/h6-7,10-11,14H,3-5,8-9H2,1-2H3. The van der Waals surface area contributed by atoms with Crippen LogP contribution >= 0.6 is 15.9 Å². The molecule has 0 fully saturated rings. The Balaban J connectivity index is 1.98. The lowest BCUT2D eigenvalue weighted by Gasteiger charge is -2.16. The van der Waals surface area contributed by atoms with E-state index in [-0.39, 0.29) is 0 Å². The highest BCUT2D eigenvalue weighted by Crippen LogP contribution is 2.43. The minimum atomic E-state index is 0.439. The third-order valence-electron chi connectivity index (χ3n) is 4.11. The van der Waals surface area contributed by atoms with Gasteiger partial charge in [-0.15, -0.1) is 0 Å². The zero-order valence-corrected chi connectivity index (χ0v) is 13.2. The monoisotopic (exact) mass is 324 g/mol. The lowest BCUT2D eigenvalue weighted by atomic mass is 10.0. The predicted molar refractivity (Wildman–Crippen MR) is 80.4 cm³/mol. The van der Waals surface area contributed by atoms with Crippen LogP contribution in [0, 0.1) is 11.8 Å². The van der Waals surface area contributed by atoms with Crippen molar-refractivity contribution in [3.63, 3.8) is 0 Å². The average molecular weight is 325 g/mol. The lowest BCUT2D eigenvalue weighted by molar-refractivity contribution is 0.228. The van der Waals surface area contributed by atoms with Crippen LogP contribution in [0.4, 0.5) is 0 Å². The summed E-state index contributed by atoms with van der Waals surface area (Å²) in [4.78, 5) is 0.439. The van der Waals surface area contributed by atoms with Crippen molar-refractivity contribution >= 4 is 15.9 Å². The molecule has 1 aromatic carbocycles. The van der Waals surface area contributed by atoms with Crippen molar-refractivity contribution in [3.05, 3.63) is 23.3 Å². The predicted octanol–water partition coefficient (Wildman–Crippen LogP) is 4.50. The molecular formula is C16H21BrO2. The van der Waals surface area contributed by atoms with Crippen molar-refractivity contribution in [3.8, 4) is 11.5 Å². The highest BCUT2D eigenvalue weighted by Gasteiger charge is 2.24. The lowest BCUT2D eigenvalue weighted by Crippen LogP contribution is -2.12. The zero-order valence-electron chi connectivity index (χ0n) is 11.6. The van der Waals surface area contributed by atoms with E-state index < -0.39 is 0 Å². The van der Waals surface area contributed by atoms with E-state index >= 15 is 0 Å². The van der Waals surface area contributed by atoms with Gasteiger partial charge in [-0.25, -0.2) is 0 Å². The minimum absolute atomic E-state index is 0.439. The number of halogens is 1. The number of alkyl halides is 1. The van der Waals surface area contributed by atoms with Crippen LogP contribution in [0.15, 0.2) is 12.1 Å². The molecular weight excluding hydrogens is 304 g/mol. The van der Waals surface area contributed by atoms with Crippen LogP contribution in [-0.4, -0.2) is 13.2 Å². The van der Waals surface area contributed by atoms with Crippen LogP contribution in [0.2, 0.25) is 0 Å². The number of rotatable bonds is 0. The van der Waals surface area contributed by atoms with E-state index in [1.807, 2.05) is 0 Å². The Kier molecular flexibility index (Phi) is 3.75. The Morgan fingerprint density at radius 1 is 1.05 bits per heavy atom. The van der Waals surface area contributed by atoms with Crippen molar-refractivity contribution in [2.45, 2.75) is 37.9 Å². The quantitative estimate of drug-likeness (QED) is 0.516. The van der Waals surface area contributed by atoms with Crippen LogP contribution in [0.3, 0.4) is 0 Å². The van der Waals surface area contributed by atoms with Gasteiger partial charge in [-0.1, -0.05) is 29.8 Å². The number of ether oxygens (including phenoxy) is 2. The molecule has 3 rings (SSSR count). The fourth-order valence-electron chi connectivity index (χ4n) is 2.86. The van der Waals surface area contributed by atoms with Gasteiger partial charge in [0, 0.05) is 10.7 Å². The SMILES string of the molecule is CC1COc2cc3c(cc2OC1)C(Br)CC(C)CC3. The topological polar surface area (TPSA) is 18.5 Å². The Labute approximate surface area is 123 Å². The number of benzene rings is 1. The zero-order chi connectivity index (χ0) is 13.4. The summed E-state index contributed by atoms with van der Waals surface area (Å²) in [5.41, 5.74) is 2.81. The molecule has 3 atom stereocenters. The van der Waals surface area contributed by atoms with Crippen molar-refractivity contribution in [2.75, 3.05) is 13.2 Å². The molecule has 0 saturated heterocycles. The molecule has 19 heavy (non-hydrogen) atoms. The maximum Gasteiger partial charge on any atom is 0.161 e. The number of hydrogen-bond acceptors (Lipinski definition) is 2. The highest BCUT2D eigenvalue weighted by atomic mass is 79.9. The second kappa shape index (κ2) is 5.35. The number of aryl methyl sites for hydroxylation is 1. The normalized spacial score (nSPS) is 30.2. The maximum atomic E-state index is 5.90. The Morgan fingerprint density at radius 3 is 2.47 bits per heavy atom. The molecule has 1 aliphatic carbocycles.